The standard InChI is InChI=1S/C9H10N2OS2/c1-2-8(12)14-9(13)11-7-5-3-4-6-10-7/h2-6,8,12H,1H2,(H,10,11,13). The first-order valence-electron chi connectivity index (χ1n) is 3.91. The van der Waals surface area contributed by atoms with Gasteiger partial charge in [-0.1, -0.05) is 42.7 Å². The smallest absolute Gasteiger partial charge is 0.142 e. The maximum atomic E-state index is 9.20. The monoisotopic (exact) mass is 226 g/mol. The highest BCUT2D eigenvalue weighted by Crippen LogP contribution is 2.13. The van der Waals surface area contributed by atoms with E-state index in [0.717, 1.165) is 11.8 Å². The average Bonchev–Trinajstić information content (AvgIpc) is 2.19. The van der Waals surface area contributed by atoms with E-state index in [0.29, 0.717) is 10.1 Å². The average molecular weight is 226 g/mol. The first-order chi connectivity index (χ1) is 6.72. The maximum absolute atomic E-state index is 9.20. The first-order valence-corrected chi connectivity index (χ1v) is 5.20. The Morgan fingerprint density at radius 1 is 1.71 bits per heavy atom. The van der Waals surface area contributed by atoms with Crippen LogP contribution in [0, 0.1) is 0 Å². The summed E-state index contributed by atoms with van der Waals surface area (Å²) < 4.78 is 0.469. The minimum absolute atomic E-state index is 0.469. The van der Waals surface area contributed by atoms with E-state index in [1.807, 2.05) is 12.1 Å². The Morgan fingerprint density at radius 2 is 2.50 bits per heavy atom. The van der Waals surface area contributed by atoms with Gasteiger partial charge in [0.25, 0.3) is 0 Å². The number of thioether (sulfide) groups is 1. The van der Waals surface area contributed by atoms with Crippen molar-refractivity contribution in [3.05, 3.63) is 37.1 Å². The van der Waals surface area contributed by atoms with E-state index in [1.165, 1.54) is 6.08 Å². The lowest BCUT2D eigenvalue weighted by molar-refractivity contribution is 0.311. The van der Waals surface area contributed by atoms with Gasteiger partial charge in [0.1, 0.15) is 15.6 Å². The Morgan fingerprint density at radius 3 is 3.07 bits per heavy atom. The molecule has 0 radical (unpaired) electrons. The van der Waals surface area contributed by atoms with Crippen LogP contribution in [0.1, 0.15) is 0 Å². The molecular formula is C9H10N2OS2. The summed E-state index contributed by atoms with van der Waals surface area (Å²) in [4.78, 5) is 4.03. The summed E-state index contributed by atoms with van der Waals surface area (Å²) >= 11 is 6.09. The molecule has 3 nitrogen and oxygen atoms in total. The molecule has 0 fully saturated rings. The Labute approximate surface area is 92.2 Å². The van der Waals surface area contributed by atoms with Crippen LogP contribution in [0.3, 0.4) is 0 Å². The van der Waals surface area contributed by atoms with Gasteiger partial charge >= 0.3 is 0 Å². The molecule has 5 heteroatoms. The summed E-state index contributed by atoms with van der Waals surface area (Å²) in [6.45, 7) is 3.45. The third-order valence-electron chi connectivity index (χ3n) is 1.32. The zero-order valence-electron chi connectivity index (χ0n) is 7.38. The predicted molar refractivity (Wildman–Crippen MR) is 64.3 cm³/mol. The quantitative estimate of drug-likeness (QED) is 0.469. The molecule has 0 aliphatic carbocycles. The van der Waals surface area contributed by atoms with Crippen molar-refractivity contribution in [3.63, 3.8) is 0 Å². The van der Waals surface area contributed by atoms with Gasteiger partial charge in [0.05, 0.1) is 0 Å². The molecule has 0 saturated heterocycles. The molecule has 0 saturated carbocycles. The zero-order valence-corrected chi connectivity index (χ0v) is 9.02. The number of hydrogen-bond donors (Lipinski definition) is 2. The lowest BCUT2D eigenvalue weighted by Gasteiger charge is -2.07. The van der Waals surface area contributed by atoms with Gasteiger partial charge < -0.3 is 10.4 Å². The first kappa shape index (κ1) is 11.2. The van der Waals surface area contributed by atoms with E-state index in [2.05, 4.69) is 16.9 Å². The summed E-state index contributed by atoms with van der Waals surface area (Å²) in [5.74, 6) is 0.668. The second-order valence-corrected chi connectivity index (χ2v) is 4.17. The second kappa shape index (κ2) is 5.74. The number of anilines is 1. The highest BCUT2D eigenvalue weighted by molar-refractivity contribution is 8.23. The molecule has 1 atom stereocenters. The van der Waals surface area contributed by atoms with Crippen molar-refractivity contribution in [2.24, 2.45) is 0 Å². The molecule has 0 aromatic carbocycles. The minimum Gasteiger partial charge on any atom is -0.378 e. The van der Waals surface area contributed by atoms with Gasteiger partial charge in [-0.25, -0.2) is 4.98 Å². The van der Waals surface area contributed by atoms with Gasteiger partial charge in [0.2, 0.25) is 0 Å². The molecule has 0 aliphatic heterocycles. The Bertz CT molecular complexity index is 316. The normalized spacial score (nSPS) is 11.8. The van der Waals surface area contributed by atoms with Crippen LogP contribution in [0.25, 0.3) is 0 Å². The third-order valence-corrected chi connectivity index (χ3v) is 2.47. The van der Waals surface area contributed by atoms with Gasteiger partial charge in [-0.05, 0) is 12.1 Å². The molecule has 0 spiro atoms. The summed E-state index contributed by atoms with van der Waals surface area (Å²) in [6.07, 6.45) is 3.08. The molecule has 1 heterocycles. The summed E-state index contributed by atoms with van der Waals surface area (Å²) in [7, 11) is 0. The van der Waals surface area contributed by atoms with E-state index in [-0.39, 0.29) is 0 Å². The van der Waals surface area contributed by atoms with E-state index >= 15 is 0 Å². The van der Waals surface area contributed by atoms with Crippen LogP contribution in [0.15, 0.2) is 37.1 Å². The molecule has 74 valence electrons. The fourth-order valence-electron chi connectivity index (χ4n) is 0.729. The van der Waals surface area contributed by atoms with Crippen molar-refractivity contribution in [2.75, 3.05) is 5.32 Å². The SMILES string of the molecule is C=CC(O)SC(=S)Nc1ccccn1. The number of aliphatic hydroxyl groups excluding tert-OH is 1. The lowest BCUT2D eigenvalue weighted by Crippen LogP contribution is -2.10. The highest BCUT2D eigenvalue weighted by Gasteiger charge is 2.04. The van der Waals surface area contributed by atoms with Crippen LogP contribution in [0.4, 0.5) is 5.82 Å². The van der Waals surface area contributed by atoms with Crippen molar-refractivity contribution in [1.82, 2.24) is 4.98 Å². The van der Waals surface area contributed by atoms with Gasteiger partial charge in [0.15, 0.2) is 0 Å². The Hall–Kier alpha value is -0.910. The summed E-state index contributed by atoms with van der Waals surface area (Å²) in [5.41, 5.74) is -0.682. The van der Waals surface area contributed by atoms with Crippen molar-refractivity contribution in [2.45, 2.75) is 5.44 Å². The minimum atomic E-state index is -0.682. The largest absolute Gasteiger partial charge is 0.378 e. The van der Waals surface area contributed by atoms with Crippen LogP contribution in [-0.4, -0.2) is 19.8 Å². The molecule has 0 aliphatic rings. The van der Waals surface area contributed by atoms with Crippen molar-refractivity contribution >= 4 is 34.1 Å². The van der Waals surface area contributed by atoms with Gasteiger partial charge in [0, 0.05) is 6.20 Å². The van der Waals surface area contributed by atoms with Crippen LogP contribution < -0.4 is 5.32 Å². The number of thiocarbonyl (C=S) groups is 1. The van der Waals surface area contributed by atoms with E-state index < -0.39 is 5.44 Å². The highest BCUT2D eigenvalue weighted by atomic mass is 32.2. The summed E-state index contributed by atoms with van der Waals surface area (Å²) in [5, 5.41) is 12.1. The van der Waals surface area contributed by atoms with Crippen LogP contribution in [0.5, 0.6) is 0 Å². The summed E-state index contributed by atoms with van der Waals surface area (Å²) in [6, 6.07) is 5.47. The number of nitrogens with zero attached hydrogens (tertiary/aromatic N) is 1. The third kappa shape index (κ3) is 3.87. The van der Waals surface area contributed by atoms with Crippen LogP contribution in [0.2, 0.25) is 0 Å². The predicted octanol–water partition coefficient (Wildman–Crippen LogP) is 2.02. The molecule has 14 heavy (non-hydrogen) atoms. The topological polar surface area (TPSA) is 45.1 Å². The second-order valence-electron chi connectivity index (χ2n) is 2.37. The number of aliphatic hydroxyl groups is 1. The maximum Gasteiger partial charge on any atom is 0.142 e. The molecule has 1 unspecified atom stereocenters. The molecule has 1 aromatic heterocycles. The van der Waals surface area contributed by atoms with Crippen LogP contribution in [-0.2, 0) is 0 Å². The van der Waals surface area contributed by atoms with Gasteiger partial charge in [-0.15, -0.1) is 0 Å². The van der Waals surface area contributed by atoms with Crippen molar-refractivity contribution in [3.8, 4) is 0 Å². The van der Waals surface area contributed by atoms with Crippen molar-refractivity contribution in [1.29, 1.82) is 0 Å². The number of pyridine rings is 1. The molecule has 1 aromatic rings. The number of rotatable bonds is 3. The van der Waals surface area contributed by atoms with E-state index in [1.54, 1.807) is 12.3 Å². The van der Waals surface area contributed by atoms with Gasteiger partial charge in [-0.2, -0.15) is 0 Å². The molecule has 0 bridgehead atoms. The lowest BCUT2D eigenvalue weighted by atomic mass is 10.5. The van der Waals surface area contributed by atoms with Gasteiger partial charge in [-0.3, -0.25) is 0 Å². The van der Waals surface area contributed by atoms with Crippen molar-refractivity contribution < 1.29 is 5.11 Å². The molecule has 1 rings (SSSR count). The van der Waals surface area contributed by atoms with Crippen LogP contribution >= 0.6 is 24.0 Å². The Balaban J connectivity index is 2.46. The Kier molecular flexibility index (Phi) is 4.58. The fourth-order valence-corrected chi connectivity index (χ4v) is 1.61. The fraction of sp³-hybridized carbons (Fsp3) is 0.111. The number of nitrogens with one attached hydrogen (secondary N) is 1. The van der Waals surface area contributed by atoms with E-state index in [9.17, 15) is 5.11 Å². The zero-order chi connectivity index (χ0) is 10.4. The van der Waals surface area contributed by atoms with E-state index in [4.69, 9.17) is 12.2 Å². The number of hydrogen-bond acceptors (Lipinski definition) is 4. The molecule has 0 amide bonds. The number of aromatic nitrogens is 1. The molecule has 2 N–H and O–H groups in total. The molecular weight excluding hydrogens is 216 g/mol.